The lowest BCUT2D eigenvalue weighted by atomic mass is 10.1. The molecular weight excluding hydrogens is 278 g/mol. The van der Waals surface area contributed by atoms with Crippen molar-refractivity contribution >= 4 is 17.5 Å². The van der Waals surface area contributed by atoms with E-state index < -0.39 is 0 Å². The summed E-state index contributed by atoms with van der Waals surface area (Å²) < 4.78 is 0. The molecule has 0 unspecified atom stereocenters. The quantitative estimate of drug-likeness (QED) is 0.840. The molecule has 5 heteroatoms. The SMILES string of the molecule is CCN(CC)C(=O)Cc1ccc(NC(=O)[C@H]2CCNC2)cc1. The van der Waals surface area contributed by atoms with Gasteiger partial charge in [-0.2, -0.15) is 0 Å². The van der Waals surface area contributed by atoms with Crippen LogP contribution in [0.15, 0.2) is 24.3 Å². The number of carbonyl (C=O) groups is 2. The summed E-state index contributed by atoms with van der Waals surface area (Å²) in [5, 5.41) is 6.12. The Labute approximate surface area is 132 Å². The second-order valence-electron chi connectivity index (χ2n) is 5.62. The van der Waals surface area contributed by atoms with Crippen molar-refractivity contribution in [3.63, 3.8) is 0 Å². The molecule has 5 nitrogen and oxygen atoms in total. The fourth-order valence-corrected chi connectivity index (χ4v) is 2.69. The van der Waals surface area contributed by atoms with E-state index in [0.29, 0.717) is 6.42 Å². The predicted molar refractivity (Wildman–Crippen MR) is 87.7 cm³/mol. The second-order valence-corrected chi connectivity index (χ2v) is 5.62. The highest BCUT2D eigenvalue weighted by Crippen LogP contribution is 2.14. The Morgan fingerprint density at radius 3 is 2.45 bits per heavy atom. The van der Waals surface area contributed by atoms with Gasteiger partial charge >= 0.3 is 0 Å². The Hall–Kier alpha value is -1.88. The van der Waals surface area contributed by atoms with Gasteiger partial charge in [-0.15, -0.1) is 0 Å². The second kappa shape index (κ2) is 7.94. The first-order valence-corrected chi connectivity index (χ1v) is 8.02. The Kier molecular flexibility index (Phi) is 5.95. The summed E-state index contributed by atoms with van der Waals surface area (Å²) in [4.78, 5) is 25.9. The molecule has 1 heterocycles. The van der Waals surface area contributed by atoms with Crippen LogP contribution in [0.2, 0.25) is 0 Å². The third-order valence-corrected chi connectivity index (χ3v) is 4.12. The average molecular weight is 303 g/mol. The zero-order valence-corrected chi connectivity index (χ0v) is 13.4. The van der Waals surface area contributed by atoms with E-state index in [1.54, 1.807) is 0 Å². The Morgan fingerprint density at radius 1 is 1.23 bits per heavy atom. The Morgan fingerprint density at radius 2 is 1.91 bits per heavy atom. The molecule has 2 amide bonds. The number of nitrogens with one attached hydrogen (secondary N) is 2. The van der Waals surface area contributed by atoms with Gasteiger partial charge in [0.1, 0.15) is 0 Å². The summed E-state index contributed by atoms with van der Waals surface area (Å²) in [6, 6.07) is 7.55. The van der Waals surface area contributed by atoms with E-state index in [9.17, 15) is 9.59 Å². The molecule has 0 aromatic heterocycles. The van der Waals surface area contributed by atoms with Crippen LogP contribution in [0.25, 0.3) is 0 Å². The minimum Gasteiger partial charge on any atom is -0.343 e. The number of anilines is 1. The number of hydrogen-bond donors (Lipinski definition) is 2. The summed E-state index contributed by atoms with van der Waals surface area (Å²) in [6.07, 6.45) is 1.30. The first-order valence-electron chi connectivity index (χ1n) is 8.02. The van der Waals surface area contributed by atoms with E-state index in [2.05, 4.69) is 10.6 Å². The van der Waals surface area contributed by atoms with Gasteiger partial charge in [0.25, 0.3) is 0 Å². The standard InChI is InChI=1S/C17H25N3O2/c1-3-20(4-2)16(21)11-13-5-7-15(8-6-13)19-17(22)14-9-10-18-12-14/h5-8,14,18H,3-4,9-12H2,1-2H3,(H,19,22)/t14-/m0/s1. The van der Waals surface area contributed by atoms with Crippen LogP contribution in [0.1, 0.15) is 25.8 Å². The fourth-order valence-electron chi connectivity index (χ4n) is 2.69. The summed E-state index contributed by atoms with van der Waals surface area (Å²) in [5.74, 6) is 0.264. The highest BCUT2D eigenvalue weighted by atomic mass is 16.2. The predicted octanol–water partition coefficient (Wildman–Crippen LogP) is 1.65. The van der Waals surface area contributed by atoms with Crippen molar-refractivity contribution in [2.45, 2.75) is 26.7 Å². The Bertz CT molecular complexity index is 468. The van der Waals surface area contributed by atoms with Gasteiger partial charge in [-0.25, -0.2) is 0 Å². The van der Waals surface area contributed by atoms with Crippen LogP contribution in [0.4, 0.5) is 5.69 Å². The molecule has 0 saturated carbocycles. The smallest absolute Gasteiger partial charge is 0.228 e. The molecule has 1 aromatic carbocycles. The third kappa shape index (κ3) is 4.31. The molecule has 1 fully saturated rings. The first-order chi connectivity index (χ1) is 10.6. The summed E-state index contributed by atoms with van der Waals surface area (Å²) in [7, 11) is 0. The molecule has 0 aliphatic carbocycles. The molecule has 2 N–H and O–H groups in total. The molecule has 1 aromatic rings. The van der Waals surface area contributed by atoms with Crippen molar-refractivity contribution < 1.29 is 9.59 Å². The molecule has 2 rings (SSSR count). The van der Waals surface area contributed by atoms with E-state index >= 15 is 0 Å². The van der Waals surface area contributed by atoms with Crippen LogP contribution in [-0.4, -0.2) is 42.9 Å². The van der Waals surface area contributed by atoms with E-state index in [0.717, 1.165) is 43.9 Å². The number of carbonyl (C=O) groups excluding carboxylic acids is 2. The third-order valence-electron chi connectivity index (χ3n) is 4.12. The number of hydrogen-bond acceptors (Lipinski definition) is 3. The van der Waals surface area contributed by atoms with Gasteiger partial charge < -0.3 is 15.5 Å². The molecule has 22 heavy (non-hydrogen) atoms. The molecule has 1 saturated heterocycles. The van der Waals surface area contributed by atoms with Crippen molar-refractivity contribution in [2.24, 2.45) is 5.92 Å². The maximum absolute atomic E-state index is 12.1. The lowest BCUT2D eigenvalue weighted by Gasteiger charge is -2.18. The van der Waals surface area contributed by atoms with Gasteiger partial charge in [0.05, 0.1) is 12.3 Å². The molecule has 1 aliphatic heterocycles. The lowest BCUT2D eigenvalue weighted by molar-refractivity contribution is -0.130. The first kappa shape index (κ1) is 16.5. The van der Waals surface area contributed by atoms with Gasteiger partial charge in [0, 0.05) is 25.3 Å². The summed E-state index contributed by atoms with van der Waals surface area (Å²) in [6.45, 7) is 7.10. The van der Waals surface area contributed by atoms with Crippen LogP contribution in [0.3, 0.4) is 0 Å². The maximum atomic E-state index is 12.1. The Balaban J connectivity index is 1.89. The van der Waals surface area contributed by atoms with Crippen LogP contribution in [0.5, 0.6) is 0 Å². The molecule has 0 radical (unpaired) electrons. The largest absolute Gasteiger partial charge is 0.343 e. The average Bonchev–Trinajstić information content (AvgIpc) is 3.05. The van der Waals surface area contributed by atoms with E-state index in [1.807, 2.05) is 43.0 Å². The molecule has 0 bridgehead atoms. The van der Waals surface area contributed by atoms with E-state index in [-0.39, 0.29) is 17.7 Å². The highest BCUT2D eigenvalue weighted by molar-refractivity contribution is 5.93. The van der Waals surface area contributed by atoms with Crippen LogP contribution in [0, 0.1) is 5.92 Å². The van der Waals surface area contributed by atoms with Crippen molar-refractivity contribution in [3.05, 3.63) is 29.8 Å². The van der Waals surface area contributed by atoms with Crippen LogP contribution < -0.4 is 10.6 Å². The highest BCUT2D eigenvalue weighted by Gasteiger charge is 2.22. The van der Waals surface area contributed by atoms with E-state index in [4.69, 9.17) is 0 Å². The molecule has 120 valence electrons. The van der Waals surface area contributed by atoms with Crippen molar-refractivity contribution in [3.8, 4) is 0 Å². The fraction of sp³-hybridized carbons (Fsp3) is 0.529. The lowest BCUT2D eigenvalue weighted by Crippen LogP contribution is -2.31. The van der Waals surface area contributed by atoms with E-state index in [1.165, 1.54) is 0 Å². The normalized spacial score (nSPS) is 17.3. The van der Waals surface area contributed by atoms with Crippen LogP contribution >= 0.6 is 0 Å². The molecule has 1 atom stereocenters. The van der Waals surface area contributed by atoms with Gasteiger partial charge in [-0.05, 0) is 44.5 Å². The van der Waals surface area contributed by atoms with Crippen molar-refractivity contribution in [1.29, 1.82) is 0 Å². The number of nitrogens with zero attached hydrogens (tertiary/aromatic N) is 1. The number of amides is 2. The van der Waals surface area contributed by atoms with Gasteiger partial charge in [0.15, 0.2) is 0 Å². The number of rotatable bonds is 6. The number of benzene rings is 1. The molecule has 0 spiro atoms. The van der Waals surface area contributed by atoms with Crippen molar-refractivity contribution in [1.82, 2.24) is 10.2 Å². The van der Waals surface area contributed by atoms with Gasteiger partial charge in [0.2, 0.25) is 11.8 Å². The summed E-state index contributed by atoms with van der Waals surface area (Å²) in [5.41, 5.74) is 1.76. The van der Waals surface area contributed by atoms with Crippen molar-refractivity contribution in [2.75, 3.05) is 31.5 Å². The van der Waals surface area contributed by atoms with Gasteiger partial charge in [-0.3, -0.25) is 9.59 Å². The monoisotopic (exact) mass is 303 g/mol. The zero-order chi connectivity index (χ0) is 15.9. The van der Waals surface area contributed by atoms with Gasteiger partial charge in [-0.1, -0.05) is 12.1 Å². The minimum atomic E-state index is 0.0592. The molecule has 1 aliphatic rings. The maximum Gasteiger partial charge on any atom is 0.228 e. The molecular formula is C17H25N3O2. The minimum absolute atomic E-state index is 0.0592. The van der Waals surface area contributed by atoms with Crippen LogP contribution in [-0.2, 0) is 16.0 Å². The number of likely N-dealkylation sites (N-methyl/N-ethyl adjacent to an activating group) is 1. The summed E-state index contributed by atoms with van der Waals surface area (Å²) >= 11 is 0. The zero-order valence-electron chi connectivity index (χ0n) is 13.4. The topological polar surface area (TPSA) is 61.4 Å².